The number of hydrogen-bond acceptors (Lipinski definition) is 2. The molecule has 34 heavy (non-hydrogen) atoms. The molecule has 0 amide bonds. The van der Waals surface area contributed by atoms with Crippen LogP contribution in [0.4, 0.5) is 0 Å². The second kappa shape index (κ2) is 18.8. The predicted molar refractivity (Wildman–Crippen MR) is 141 cm³/mol. The Kier molecular flexibility index (Phi) is 17.4. The fraction of sp³-hybridized carbons (Fsp3) is 0.290. The molecule has 4 rings (SSSR count). The zero-order valence-electron chi connectivity index (χ0n) is 21.7. The Labute approximate surface area is 222 Å². The molecule has 0 saturated heterocycles. The van der Waals surface area contributed by atoms with Crippen molar-refractivity contribution in [3.8, 4) is 11.5 Å². The van der Waals surface area contributed by atoms with Gasteiger partial charge in [-0.15, -0.1) is 24.3 Å². The summed E-state index contributed by atoms with van der Waals surface area (Å²) in [4.78, 5) is 0. The van der Waals surface area contributed by atoms with Crippen molar-refractivity contribution in [1.82, 2.24) is 0 Å². The van der Waals surface area contributed by atoms with Gasteiger partial charge in [0, 0.05) is 11.5 Å². The van der Waals surface area contributed by atoms with E-state index in [2.05, 4.69) is 46.8 Å². The Morgan fingerprint density at radius 3 is 1.35 bits per heavy atom. The molecule has 0 aromatic heterocycles. The van der Waals surface area contributed by atoms with Crippen LogP contribution in [-0.2, 0) is 21.7 Å². The SMILES string of the molecule is CCOc1c[c-]ccc1.CCOc1c[c-]ccc1.Cc1c(C)c(C)[c-](C)c1C.[Ti+4].c1cc[cH-]c1. The summed E-state index contributed by atoms with van der Waals surface area (Å²) < 4.78 is 10.3. The van der Waals surface area contributed by atoms with Crippen molar-refractivity contribution in [1.29, 1.82) is 0 Å². The number of hydrogen-bond donors (Lipinski definition) is 0. The van der Waals surface area contributed by atoms with Crippen LogP contribution in [0.15, 0.2) is 78.9 Å². The summed E-state index contributed by atoms with van der Waals surface area (Å²) in [6.07, 6.45) is 0. The molecule has 0 N–H and O–H groups in total. The summed E-state index contributed by atoms with van der Waals surface area (Å²) in [6.45, 7) is 16.4. The molecule has 2 nitrogen and oxygen atoms in total. The van der Waals surface area contributed by atoms with Gasteiger partial charge in [-0.3, -0.25) is 0 Å². The molecular weight excluding hydrogens is 452 g/mol. The molecule has 4 aromatic carbocycles. The van der Waals surface area contributed by atoms with Crippen LogP contribution in [0.3, 0.4) is 0 Å². The topological polar surface area (TPSA) is 18.5 Å². The standard InChI is InChI=1S/C10H15.2C8H9O.C5H5.Ti/c1-6-7(2)9(4)10(5)8(6)3;2*1-2-9-8-6-4-3-5-7-8;1-2-4-5-3-1;/h1-5H3;2*3-4,6-7H,2H2,1H3;1-5H;/q4*-1;+4. The molecule has 0 heterocycles. The van der Waals surface area contributed by atoms with Crippen molar-refractivity contribution < 1.29 is 31.2 Å². The van der Waals surface area contributed by atoms with Crippen molar-refractivity contribution in [3.05, 3.63) is 119 Å². The van der Waals surface area contributed by atoms with Gasteiger partial charge >= 0.3 is 21.7 Å². The smallest absolute Gasteiger partial charge is 0.551 e. The minimum atomic E-state index is 0. The van der Waals surface area contributed by atoms with Crippen LogP contribution >= 0.6 is 0 Å². The van der Waals surface area contributed by atoms with Crippen molar-refractivity contribution in [2.75, 3.05) is 13.2 Å². The van der Waals surface area contributed by atoms with Gasteiger partial charge in [0.2, 0.25) is 0 Å². The molecule has 0 radical (unpaired) electrons. The number of ether oxygens (including phenoxy) is 2. The van der Waals surface area contributed by atoms with E-state index >= 15 is 0 Å². The summed E-state index contributed by atoms with van der Waals surface area (Å²) in [5, 5.41) is 0. The first-order valence-electron chi connectivity index (χ1n) is 11.5. The quantitative estimate of drug-likeness (QED) is 0.212. The van der Waals surface area contributed by atoms with Crippen LogP contribution in [0.2, 0.25) is 0 Å². The van der Waals surface area contributed by atoms with Crippen molar-refractivity contribution in [2.24, 2.45) is 0 Å². The molecule has 3 heteroatoms. The van der Waals surface area contributed by atoms with Crippen LogP contribution in [0.1, 0.15) is 41.7 Å². The van der Waals surface area contributed by atoms with Gasteiger partial charge in [-0.25, -0.2) is 12.1 Å². The minimum Gasteiger partial charge on any atom is -0.551 e. The molecule has 0 aliphatic carbocycles. The molecule has 0 saturated carbocycles. The van der Waals surface area contributed by atoms with E-state index < -0.39 is 0 Å². The van der Waals surface area contributed by atoms with E-state index in [0.29, 0.717) is 0 Å². The van der Waals surface area contributed by atoms with Gasteiger partial charge in [-0.1, -0.05) is 34.6 Å². The van der Waals surface area contributed by atoms with Crippen molar-refractivity contribution >= 4 is 0 Å². The Bertz CT molecular complexity index is 832. The second-order valence-electron chi connectivity index (χ2n) is 7.43. The Morgan fingerprint density at radius 2 is 1.15 bits per heavy atom. The monoisotopic (exact) mass is 490 g/mol. The van der Waals surface area contributed by atoms with Crippen LogP contribution in [-0.4, -0.2) is 13.2 Å². The van der Waals surface area contributed by atoms with E-state index in [4.69, 9.17) is 9.47 Å². The number of rotatable bonds is 4. The molecule has 4 aromatic rings. The fourth-order valence-corrected chi connectivity index (χ4v) is 2.99. The third kappa shape index (κ3) is 12.1. The summed E-state index contributed by atoms with van der Waals surface area (Å²) in [5.74, 6) is 1.78. The van der Waals surface area contributed by atoms with Crippen LogP contribution < -0.4 is 9.47 Å². The van der Waals surface area contributed by atoms with E-state index in [1.165, 1.54) is 27.8 Å². The Morgan fingerprint density at radius 1 is 0.735 bits per heavy atom. The Balaban J connectivity index is 0.000000432. The van der Waals surface area contributed by atoms with Gasteiger partial charge in [0.15, 0.2) is 0 Å². The van der Waals surface area contributed by atoms with Crippen LogP contribution in [0.5, 0.6) is 11.5 Å². The van der Waals surface area contributed by atoms with Gasteiger partial charge in [0.25, 0.3) is 0 Å². The van der Waals surface area contributed by atoms with Gasteiger partial charge in [-0.2, -0.15) is 82.4 Å². The van der Waals surface area contributed by atoms with Crippen LogP contribution in [0, 0.1) is 46.8 Å². The summed E-state index contributed by atoms with van der Waals surface area (Å²) in [6, 6.07) is 30.8. The molecule has 0 unspecified atom stereocenters. The van der Waals surface area contributed by atoms with E-state index in [1.807, 2.05) is 92.7 Å². The van der Waals surface area contributed by atoms with Crippen molar-refractivity contribution in [3.63, 3.8) is 0 Å². The van der Waals surface area contributed by atoms with E-state index in [0.717, 1.165) is 24.7 Å². The van der Waals surface area contributed by atoms with E-state index in [1.54, 1.807) is 0 Å². The molecule has 0 bridgehead atoms. The van der Waals surface area contributed by atoms with Crippen LogP contribution in [0.25, 0.3) is 0 Å². The average Bonchev–Trinajstić information content (AvgIpc) is 3.49. The second-order valence-corrected chi connectivity index (χ2v) is 7.43. The number of benzene rings is 2. The molecule has 0 aliphatic rings. The van der Waals surface area contributed by atoms with Gasteiger partial charge in [0.1, 0.15) is 0 Å². The van der Waals surface area contributed by atoms with Gasteiger partial charge in [0.05, 0.1) is 13.2 Å². The predicted octanol–water partition coefficient (Wildman–Crippen LogP) is 8.12. The maximum Gasteiger partial charge on any atom is 4.00 e. The fourth-order valence-electron chi connectivity index (χ4n) is 2.99. The molecule has 178 valence electrons. The molecular formula is C31H38O2Ti. The zero-order valence-corrected chi connectivity index (χ0v) is 23.3. The largest absolute Gasteiger partial charge is 4.00 e. The first kappa shape index (κ1) is 31.5. The molecule has 0 spiro atoms. The third-order valence-electron chi connectivity index (χ3n) is 5.35. The zero-order chi connectivity index (χ0) is 24.5. The first-order valence-corrected chi connectivity index (χ1v) is 11.5. The average molecular weight is 491 g/mol. The minimum absolute atomic E-state index is 0. The maximum absolute atomic E-state index is 5.17. The summed E-state index contributed by atoms with van der Waals surface area (Å²) in [7, 11) is 0. The molecule has 0 fully saturated rings. The molecule has 0 atom stereocenters. The Hall–Kier alpha value is -2.55. The third-order valence-corrected chi connectivity index (χ3v) is 5.35. The van der Waals surface area contributed by atoms with Gasteiger partial charge in [-0.05, 0) is 13.8 Å². The molecule has 0 aliphatic heterocycles. The van der Waals surface area contributed by atoms with Gasteiger partial charge < -0.3 is 9.47 Å². The maximum atomic E-state index is 5.17. The first-order chi connectivity index (χ1) is 15.9. The summed E-state index contributed by atoms with van der Waals surface area (Å²) >= 11 is 0. The normalized spacial score (nSPS) is 9.03. The van der Waals surface area contributed by atoms with Crippen molar-refractivity contribution in [2.45, 2.75) is 48.5 Å². The van der Waals surface area contributed by atoms with E-state index in [9.17, 15) is 0 Å². The summed E-state index contributed by atoms with van der Waals surface area (Å²) in [5.41, 5.74) is 7.34. The van der Waals surface area contributed by atoms with E-state index in [-0.39, 0.29) is 21.7 Å².